The van der Waals surface area contributed by atoms with E-state index < -0.39 is 0 Å². The van der Waals surface area contributed by atoms with Gasteiger partial charge in [-0.25, -0.2) is 4.39 Å². The quantitative estimate of drug-likeness (QED) is 0.445. The van der Waals surface area contributed by atoms with Gasteiger partial charge >= 0.3 is 0 Å². The van der Waals surface area contributed by atoms with E-state index in [-0.39, 0.29) is 11.9 Å². The van der Waals surface area contributed by atoms with Gasteiger partial charge in [0.2, 0.25) is 0 Å². The minimum atomic E-state index is -0.356. The summed E-state index contributed by atoms with van der Waals surface area (Å²) < 4.78 is 14.6. The first-order valence-corrected chi connectivity index (χ1v) is 9.39. The maximum absolute atomic E-state index is 14.6. The number of anilines is 1. The van der Waals surface area contributed by atoms with Crippen molar-refractivity contribution in [3.63, 3.8) is 0 Å². The number of nitriles is 1. The molecule has 29 heavy (non-hydrogen) atoms. The summed E-state index contributed by atoms with van der Waals surface area (Å²) in [5.41, 5.74) is 3.99. The average Bonchev–Trinajstić information content (AvgIpc) is 2.76. The molecule has 0 fully saturated rings. The van der Waals surface area contributed by atoms with Crippen LogP contribution in [0.25, 0.3) is 22.0 Å². The molecule has 0 aliphatic carbocycles. The SMILES string of the molecule is CC(Nc1c(Cl)cnc2ccccc12)c1cc(-c2cncc(C#N)c2)ccc1F. The van der Waals surface area contributed by atoms with Crippen molar-refractivity contribution in [2.75, 3.05) is 5.32 Å². The Hall–Kier alpha value is -3.49. The van der Waals surface area contributed by atoms with Gasteiger partial charge in [0, 0.05) is 35.1 Å². The van der Waals surface area contributed by atoms with Crippen LogP contribution in [-0.4, -0.2) is 9.97 Å². The number of nitrogens with one attached hydrogen (secondary N) is 1. The first-order chi connectivity index (χ1) is 14.1. The van der Waals surface area contributed by atoms with Crippen molar-refractivity contribution in [1.29, 1.82) is 5.26 Å². The second-order valence-corrected chi connectivity index (χ2v) is 7.08. The largest absolute Gasteiger partial charge is 0.377 e. The number of halogens is 2. The zero-order chi connectivity index (χ0) is 20.4. The number of pyridine rings is 2. The highest BCUT2D eigenvalue weighted by Crippen LogP contribution is 2.34. The van der Waals surface area contributed by atoms with E-state index in [1.54, 1.807) is 30.6 Å². The summed E-state index contributed by atoms with van der Waals surface area (Å²) in [6.45, 7) is 1.87. The summed E-state index contributed by atoms with van der Waals surface area (Å²) in [7, 11) is 0. The maximum atomic E-state index is 14.6. The van der Waals surface area contributed by atoms with E-state index in [4.69, 9.17) is 16.9 Å². The zero-order valence-electron chi connectivity index (χ0n) is 15.5. The van der Waals surface area contributed by atoms with Gasteiger partial charge in [-0.2, -0.15) is 5.26 Å². The van der Waals surface area contributed by atoms with E-state index in [0.29, 0.717) is 21.8 Å². The molecular formula is C23H16ClFN4. The van der Waals surface area contributed by atoms with Crippen LogP contribution in [0.3, 0.4) is 0 Å². The molecule has 0 amide bonds. The van der Waals surface area contributed by atoms with Crippen LogP contribution >= 0.6 is 11.6 Å². The van der Waals surface area contributed by atoms with Crippen LogP contribution in [0.4, 0.5) is 10.1 Å². The standard InChI is InChI=1S/C23H16ClFN4/c1-14(29-23-18-4-2-3-5-22(18)28-13-20(23)24)19-9-16(6-7-21(19)25)17-8-15(10-26)11-27-12-17/h2-9,11-14H,1H3,(H,28,29). The van der Waals surface area contributed by atoms with Crippen LogP contribution in [0.15, 0.2) is 67.1 Å². The molecule has 0 saturated carbocycles. The lowest BCUT2D eigenvalue weighted by atomic mass is 9.99. The normalized spacial score (nSPS) is 11.8. The molecule has 0 aliphatic rings. The lowest BCUT2D eigenvalue weighted by Gasteiger charge is -2.19. The third kappa shape index (κ3) is 3.75. The highest BCUT2D eigenvalue weighted by Gasteiger charge is 2.16. The molecule has 6 heteroatoms. The Bertz CT molecular complexity index is 1250. The summed E-state index contributed by atoms with van der Waals surface area (Å²) in [4.78, 5) is 8.42. The van der Waals surface area contributed by atoms with Crippen molar-refractivity contribution >= 4 is 28.2 Å². The Morgan fingerprint density at radius 2 is 1.90 bits per heavy atom. The summed E-state index contributed by atoms with van der Waals surface area (Å²) >= 11 is 6.38. The lowest BCUT2D eigenvalue weighted by molar-refractivity contribution is 0.600. The van der Waals surface area contributed by atoms with Gasteiger partial charge in [0.15, 0.2) is 0 Å². The van der Waals surface area contributed by atoms with Gasteiger partial charge in [0.05, 0.1) is 27.8 Å². The van der Waals surface area contributed by atoms with E-state index in [9.17, 15) is 4.39 Å². The van der Waals surface area contributed by atoms with Crippen LogP contribution in [0.5, 0.6) is 0 Å². The fraction of sp³-hybridized carbons (Fsp3) is 0.0870. The van der Waals surface area contributed by atoms with Crippen LogP contribution in [0, 0.1) is 17.1 Å². The molecule has 1 atom stereocenters. The van der Waals surface area contributed by atoms with Crippen molar-refractivity contribution in [3.05, 3.63) is 89.1 Å². The predicted octanol–water partition coefficient (Wildman–Crippen LogP) is 6.13. The van der Waals surface area contributed by atoms with Crippen molar-refractivity contribution in [2.24, 2.45) is 0 Å². The third-order valence-electron chi connectivity index (χ3n) is 4.75. The zero-order valence-corrected chi connectivity index (χ0v) is 16.3. The monoisotopic (exact) mass is 402 g/mol. The van der Waals surface area contributed by atoms with Gasteiger partial charge in [0.25, 0.3) is 0 Å². The number of aromatic nitrogens is 2. The predicted molar refractivity (Wildman–Crippen MR) is 113 cm³/mol. The molecule has 0 bridgehead atoms. The molecule has 4 aromatic rings. The first kappa shape index (κ1) is 18.9. The minimum Gasteiger partial charge on any atom is -0.377 e. The maximum Gasteiger partial charge on any atom is 0.128 e. The fourth-order valence-corrected chi connectivity index (χ4v) is 3.48. The Morgan fingerprint density at radius 1 is 1.07 bits per heavy atom. The summed E-state index contributed by atoms with van der Waals surface area (Å²) in [5, 5.41) is 13.8. The summed E-state index contributed by atoms with van der Waals surface area (Å²) in [5.74, 6) is -0.326. The first-order valence-electron chi connectivity index (χ1n) is 9.01. The van der Waals surface area contributed by atoms with E-state index in [2.05, 4.69) is 21.4 Å². The van der Waals surface area contributed by atoms with Gasteiger partial charge < -0.3 is 5.32 Å². The summed E-state index contributed by atoms with van der Waals surface area (Å²) in [6.07, 6.45) is 4.74. The molecule has 2 heterocycles. The van der Waals surface area contributed by atoms with Crippen LogP contribution in [0.1, 0.15) is 24.1 Å². The van der Waals surface area contributed by atoms with Crippen molar-refractivity contribution in [1.82, 2.24) is 9.97 Å². The lowest BCUT2D eigenvalue weighted by Crippen LogP contribution is -2.10. The van der Waals surface area contributed by atoms with Gasteiger partial charge in [-0.1, -0.05) is 35.9 Å². The number of hydrogen-bond donors (Lipinski definition) is 1. The number of fused-ring (bicyclic) bond motifs is 1. The molecule has 2 aromatic heterocycles. The highest BCUT2D eigenvalue weighted by molar-refractivity contribution is 6.34. The van der Waals surface area contributed by atoms with Crippen molar-refractivity contribution < 1.29 is 4.39 Å². The van der Waals surface area contributed by atoms with Crippen molar-refractivity contribution in [3.8, 4) is 17.2 Å². The second kappa shape index (κ2) is 7.86. The Balaban J connectivity index is 1.72. The molecule has 4 nitrogen and oxygen atoms in total. The number of nitrogens with zero attached hydrogens (tertiary/aromatic N) is 3. The molecule has 1 N–H and O–H groups in total. The molecular weight excluding hydrogens is 387 g/mol. The van der Waals surface area contributed by atoms with E-state index >= 15 is 0 Å². The molecule has 0 saturated heterocycles. The molecule has 1 unspecified atom stereocenters. The van der Waals surface area contributed by atoms with Crippen LogP contribution in [-0.2, 0) is 0 Å². The van der Waals surface area contributed by atoms with Gasteiger partial charge in [-0.15, -0.1) is 0 Å². The van der Waals surface area contributed by atoms with Crippen LogP contribution in [0.2, 0.25) is 5.02 Å². The number of rotatable bonds is 4. The number of benzene rings is 2. The van der Waals surface area contributed by atoms with Gasteiger partial charge in [-0.05, 0) is 36.8 Å². The Labute approximate surface area is 172 Å². The fourth-order valence-electron chi connectivity index (χ4n) is 3.27. The molecule has 0 spiro atoms. The smallest absolute Gasteiger partial charge is 0.128 e. The molecule has 2 aromatic carbocycles. The number of hydrogen-bond acceptors (Lipinski definition) is 4. The average molecular weight is 403 g/mol. The van der Waals surface area contributed by atoms with Gasteiger partial charge in [0.1, 0.15) is 11.9 Å². The topological polar surface area (TPSA) is 61.6 Å². The van der Waals surface area contributed by atoms with E-state index in [1.807, 2.05) is 31.2 Å². The molecule has 0 radical (unpaired) electrons. The number of para-hydroxylation sites is 1. The Kier molecular flexibility index (Phi) is 5.11. The minimum absolute atomic E-state index is 0.326. The van der Waals surface area contributed by atoms with Crippen molar-refractivity contribution in [2.45, 2.75) is 13.0 Å². The third-order valence-corrected chi connectivity index (χ3v) is 5.04. The molecule has 0 aliphatic heterocycles. The van der Waals surface area contributed by atoms with Crippen LogP contribution < -0.4 is 5.32 Å². The Morgan fingerprint density at radius 3 is 2.72 bits per heavy atom. The van der Waals surface area contributed by atoms with Gasteiger partial charge in [-0.3, -0.25) is 9.97 Å². The molecule has 4 rings (SSSR count). The summed E-state index contributed by atoms with van der Waals surface area (Å²) in [6, 6.07) is 16.0. The highest BCUT2D eigenvalue weighted by atomic mass is 35.5. The van der Waals surface area contributed by atoms with E-state index in [1.165, 1.54) is 12.3 Å². The molecule has 142 valence electrons. The second-order valence-electron chi connectivity index (χ2n) is 6.67. The van der Waals surface area contributed by atoms with E-state index in [0.717, 1.165) is 22.0 Å².